The average molecular weight is 323 g/mol. The predicted molar refractivity (Wildman–Crippen MR) is 91.2 cm³/mol. The molecule has 4 nitrogen and oxygen atoms in total. The minimum atomic E-state index is 0.373. The van der Waals surface area contributed by atoms with Gasteiger partial charge in [-0.05, 0) is 17.2 Å². The number of hydrogen-bond acceptors (Lipinski definition) is 3. The maximum Gasteiger partial charge on any atom is 0.140 e. The highest BCUT2D eigenvalue weighted by atomic mass is 35.5. The molecule has 0 bridgehead atoms. The zero-order valence-electron chi connectivity index (χ0n) is 12.4. The van der Waals surface area contributed by atoms with Gasteiger partial charge in [0.15, 0.2) is 0 Å². The van der Waals surface area contributed by atoms with Gasteiger partial charge in [-0.15, -0.1) is 0 Å². The van der Waals surface area contributed by atoms with E-state index in [0.717, 1.165) is 11.1 Å². The van der Waals surface area contributed by atoms with Crippen molar-refractivity contribution in [2.75, 3.05) is 5.73 Å². The van der Waals surface area contributed by atoms with E-state index >= 15 is 0 Å². The summed E-state index contributed by atoms with van der Waals surface area (Å²) < 4.78 is 1.64. The summed E-state index contributed by atoms with van der Waals surface area (Å²) in [6.45, 7) is 0.439. The standard InChI is InChI=1S/C18H15ClN4/c19-16-9-5-4-8-14(16)12-23-18(21)15(11-20)17(22-23)10-13-6-2-1-3-7-13/h1-9H,10,12,21H2. The summed E-state index contributed by atoms with van der Waals surface area (Å²) in [5, 5.41) is 14.6. The molecule has 0 radical (unpaired) electrons. The molecule has 3 aromatic rings. The molecule has 0 aliphatic carbocycles. The Morgan fingerprint density at radius 3 is 2.48 bits per heavy atom. The summed E-state index contributed by atoms with van der Waals surface area (Å²) >= 11 is 6.19. The summed E-state index contributed by atoms with van der Waals surface area (Å²) in [7, 11) is 0. The maximum atomic E-state index is 9.40. The monoisotopic (exact) mass is 322 g/mol. The molecule has 0 unspecified atom stereocenters. The van der Waals surface area contributed by atoms with E-state index in [0.29, 0.717) is 35.1 Å². The van der Waals surface area contributed by atoms with E-state index < -0.39 is 0 Å². The summed E-state index contributed by atoms with van der Waals surface area (Å²) in [4.78, 5) is 0. The first kappa shape index (κ1) is 15.1. The largest absolute Gasteiger partial charge is 0.383 e. The molecule has 1 aromatic heterocycles. The van der Waals surface area contributed by atoms with E-state index in [4.69, 9.17) is 17.3 Å². The van der Waals surface area contributed by atoms with E-state index in [2.05, 4.69) is 11.2 Å². The normalized spacial score (nSPS) is 10.4. The second kappa shape index (κ2) is 6.55. The number of nitrogens with zero attached hydrogens (tertiary/aromatic N) is 3. The number of nitrogens with two attached hydrogens (primary N) is 1. The van der Waals surface area contributed by atoms with E-state index in [-0.39, 0.29) is 0 Å². The Balaban J connectivity index is 1.94. The Hall–Kier alpha value is -2.77. The smallest absolute Gasteiger partial charge is 0.140 e. The summed E-state index contributed by atoms with van der Waals surface area (Å²) in [5.74, 6) is 0.373. The lowest BCUT2D eigenvalue weighted by Gasteiger charge is -2.06. The molecule has 3 rings (SSSR count). The number of hydrogen-bond donors (Lipinski definition) is 1. The minimum Gasteiger partial charge on any atom is -0.383 e. The molecular formula is C18H15ClN4. The van der Waals surface area contributed by atoms with Crippen molar-refractivity contribution < 1.29 is 0 Å². The van der Waals surface area contributed by atoms with E-state index in [1.807, 2.05) is 54.6 Å². The van der Waals surface area contributed by atoms with Gasteiger partial charge in [-0.2, -0.15) is 10.4 Å². The highest BCUT2D eigenvalue weighted by Crippen LogP contribution is 2.22. The molecule has 0 aliphatic heterocycles. The number of benzene rings is 2. The van der Waals surface area contributed by atoms with Crippen molar-refractivity contribution in [1.82, 2.24) is 9.78 Å². The first-order valence-corrected chi connectivity index (χ1v) is 7.59. The average Bonchev–Trinajstić information content (AvgIpc) is 2.85. The van der Waals surface area contributed by atoms with Crippen LogP contribution in [-0.4, -0.2) is 9.78 Å². The summed E-state index contributed by atoms with van der Waals surface area (Å²) in [6, 6.07) is 19.6. The zero-order chi connectivity index (χ0) is 16.2. The molecule has 2 N–H and O–H groups in total. The third-order valence-electron chi connectivity index (χ3n) is 3.67. The lowest BCUT2D eigenvalue weighted by molar-refractivity contribution is 0.685. The van der Waals surface area contributed by atoms with Crippen LogP contribution in [-0.2, 0) is 13.0 Å². The van der Waals surface area contributed by atoms with Crippen molar-refractivity contribution in [1.29, 1.82) is 5.26 Å². The number of nitriles is 1. The van der Waals surface area contributed by atoms with E-state index in [9.17, 15) is 5.26 Å². The highest BCUT2D eigenvalue weighted by molar-refractivity contribution is 6.31. The van der Waals surface area contributed by atoms with Gasteiger partial charge in [-0.25, -0.2) is 4.68 Å². The third kappa shape index (κ3) is 3.20. The summed E-state index contributed by atoms with van der Waals surface area (Å²) in [5.41, 5.74) is 9.22. The number of aromatic nitrogens is 2. The first-order chi connectivity index (χ1) is 11.2. The second-order valence-corrected chi connectivity index (χ2v) is 5.64. The van der Waals surface area contributed by atoms with Crippen molar-refractivity contribution in [3.8, 4) is 6.07 Å². The minimum absolute atomic E-state index is 0.373. The lowest BCUT2D eigenvalue weighted by atomic mass is 10.1. The first-order valence-electron chi connectivity index (χ1n) is 7.21. The van der Waals surface area contributed by atoms with Crippen LogP contribution < -0.4 is 5.73 Å². The Labute approximate surface area is 139 Å². The predicted octanol–water partition coefficient (Wildman–Crippen LogP) is 3.63. The molecule has 2 aromatic carbocycles. The van der Waals surface area contributed by atoms with Gasteiger partial charge in [0.05, 0.1) is 12.2 Å². The molecule has 0 saturated heterocycles. The molecule has 0 atom stereocenters. The van der Waals surface area contributed by atoms with Crippen LogP contribution in [0.25, 0.3) is 0 Å². The SMILES string of the molecule is N#Cc1c(Cc2ccccc2)nn(Cc2ccccc2Cl)c1N. The third-order valence-corrected chi connectivity index (χ3v) is 4.04. The molecule has 0 amide bonds. The number of nitrogen functional groups attached to an aromatic ring is 1. The van der Waals surface area contributed by atoms with Crippen molar-refractivity contribution >= 4 is 17.4 Å². The molecule has 0 saturated carbocycles. The van der Waals surface area contributed by atoms with Crippen LogP contribution in [0.2, 0.25) is 5.02 Å². The van der Waals surface area contributed by atoms with Crippen LogP contribution >= 0.6 is 11.6 Å². The van der Waals surface area contributed by atoms with Crippen molar-refractivity contribution in [2.24, 2.45) is 0 Å². The zero-order valence-corrected chi connectivity index (χ0v) is 13.2. The van der Waals surface area contributed by atoms with Gasteiger partial charge in [0.2, 0.25) is 0 Å². The molecule has 1 heterocycles. The van der Waals surface area contributed by atoms with Crippen molar-refractivity contribution in [3.63, 3.8) is 0 Å². The molecule has 114 valence electrons. The van der Waals surface area contributed by atoms with Crippen molar-refractivity contribution in [2.45, 2.75) is 13.0 Å². The van der Waals surface area contributed by atoms with Gasteiger partial charge in [0, 0.05) is 11.4 Å². The number of rotatable bonds is 4. The fourth-order valence-electron chi connectivity index (χ4n) is 2.47. The molecular weight excluding hydrogens is 308 g/mol. The van der Waals surface area contributed by atoms with Crippen LogP contribution in [0.1, 0.15) is 22.4 Å². The van der Waals surface area contributed by atoms with Crippen LogP contribution in [0.3, 0.4) is 0 Å². The Morgan fingerprint density at radius 2 is 1.78 bits per heavy atom. The summed E-state index contributed by atoms with van der Waals surface area (Å²) in [6.07, 6.45) is 0.573. The molecule has 5 heteroatoms. The van der Waals surface area contributed by atoms with Crippen LogP contribution in [0.4, 0.5) is 5.82 Å². The lowest BCUT2D eigenvalue weighted by Crippen LogP contribution is -2.07. The van der Waals surface area contributed by atoms with Gasteiger partial charge in [-0.3, -0.25) is 0 Å². The molecule has 0 fully saturated rings. The Kier molecular flexibility index (Phi) is 4.31. The van der Waals surface area contributed by atoms with Crippen LogP contribution in [0.5, 0.6) is 0 Å². The van der Waals surface area contributed by atoms with Gasteiger partial charge in [-0.1, -0.05) is 60.1 Å². The fraction of sp³-hybridized carbons (Fsp3) is 0.111. The van der Waals surface area contributed by atoms with Gasteiger partial charge < -0.3 is 5.73 Å². The van der Waals surface area contributed by atoms with Crippen LogP contribution in [0.15, 0.2) is 54.6 Å². The van der Waals surface area contributed by atoms with E-state index in [1.165, 1.54) is 0 Å². The fourth-order valence-corrected chi connectivity index (χ4v) is 2.67. The van der Waals surface area contributed by atoms with Crippen molar-refractivity contribution in [3.05, 3.63) is 82.0 Å². The molecule has 0 spiro atoms. The topological polar surface area (TPSA) is 67.6 Å². The quantitative estimate of drug-likeness (QED) is 0.797. The Bertz CT molecular complexity index is 862. The van der Waals surface area contributed by atoms with Gasteiger partial charge in [0.25, 0.3) is 0 Å². The Morgan fingerprint density at radius 1 is 1.09 bits per heavy atom. The van der Waals surface area contributed by atoms with Crippen LogP contribution in [0, 0.1) is 11.3 Å². The highest BCUT2D eigenvalue weighted by Gasteiger charge is 2.16. The maximum absolute atomic E-state index is 9.40. The second-order valence-electron chi connectivity index (χ2n) is 5.23. The van der Waals surface area contributed by atoms with Gasteiger partial charge >= 0.3 is 0 Å². The van der Waals surface area contributed by atoms with E-state index in [1.54, 1.807) is 4.68 Å². The molecule has 23 heavy (non-hydrogen) atoms. The molecule has 0 aliphatic rings. The van der Waals surface area contributed by atoms with Gasteiger partial charge in [0.1, 0.15) is 17.5 Å². The number of halogens is 1. The number of anilines is 1.